The van der Waals surface area contributed by atoms with Crippen LogP contribution in [-0.2, 0) is 34.7 Å². The van der Waals surface area contributed by atoms with E-state index in [0.29, 0.717) is 6.07 Å². The number of halogens is 3. The van der Waals surface area contributed by atoms with Gasteiger partial charge in [-0.05, 0) is 38.5 Å². The standard InChI is InChI=1S/C17H20F3N3O5S/c1-16(2,3)28-15(25)22-29(26,27)21-9-10-5-6-11-12(7-10)23(4)14(8-13(11)24)17(18,19)20/h5-8,21H,9H2,1-4H3,(H,22,25). The van der Waals surface area contributed by atoms with Gasteiger partial charge in [-0.3, -0.25) is 4.79 Å². The number of nitrogens with one attached hydrogen (secondary N) is 2. The molecule has 0 aliphatic carbocycles. The molecule has 1 aromatic carbocycles. The molecule has 2 aromatic rings. The van der Waals surface area contributed by atoms with E-state index in [2.05, 4.69) is 4.72 Å². The first kappa shape index (κ1) is 22.7. The lowest BCUT2D eigenvalue weighted by Gasteiger charge is -2.19. The van der Waals surface area contributed by atoms with Crippen molar-refractivity contribution in [3.05, 3.63) is 45.7 Å². The molecule has 160 valence electrons. The minimum atomic E-state index is -4.73. The van der Waals surface area contributed by atoms with Gasteiger partial charge in [-0.2, -0.15) is 26.3 Å². The molecule has 0 bridgehead atoms. The first-order valence-corrected chi connectivity index (χ1v) is 9.78. The number of rotatable bonds is 4. The zero-order chi connectivity index (χ0) is 22.2. The van der Waals surface area contributed by atoms with Crippen molar-refractivity contribution in [3.63, 3.8) is 0 Å². The molecular weight excluding hydrogens is 415 g/mol. The second-order valence-electron chi connectivity index (χ2n) is 7.23. The summed E-state index contributed by atoms with van der Waals surface area (Å²) in [6, 6.07) is 4.48. The Labute approximate surface area is 164 Å². The van der Waals surface area contributed by atoms with Gasteiger partial charge in [-0.1, -0.05) is 6.07 Å². The van der Waals surface area contributed by atoms with E-state index in [1.807, 2.05) is 0 Å². The number of pyridine rings is 1. The molecule has 8 nitrogen and oxygen atoms in total. The fraction of sp³-hybridized carbons (Fsp3) is 0.412. The number of amides is 1. The Morgan fingerprint density at radius 1 is 1.17 bits per heavy atom. The number of aryl methyl sites for hydroxylation is 1. The SMILES string of the molecule is Cn1c(C(F)(F)F)cc(=O)c2ccc(CNS(=O)(=O)NC(=O)OC(C)(C)C)cc21. The largest absolute Gasteiger partial charge is 0.443 e. The lowest BCUT2D eigenvalue weighted by atomic mass is 10.1. The maximum atomic E-state index is 13.1. The third kappa shape index (κ3) is 5.94. The smallest absolute Gasteiger partial charge is 0.431 e. The molecule has 0 aliphatic heterocycles. The van der Waals surface area contributed by atoms with Gasteiger partial charge in [0, 0.05) is 25.0 Å². The molecule has 29 heavy (non-hydrogen) atoms. The second kappa shape index (κ2) is 7.67. The normalized spacial score (nSPS) is 12.8. The van der Waals surface area contributed by atoms with E-state index in [1.165, 1.54) is 18.2 Å². The highest BCUT2D eigenvalue weighted by atomic mass is 32.2. The number of nitrogens with zero attached hydrogens (tertiary/aromatic N) is 1. The third-order valence-corrected chi connectivity index (χ3v) is 4.65. The molecule has 0 atom stereocenters. The molecule has 1 heterocycles. The van der Waals surface area contributed by atoms with Gasteiger partial charge in [0.05, 0.1) is 5.52 Å². The minimum absolute atomic E-state index is 0.0124. The van der Waals surface area contributed by atoms with E-state index < -0.39 is 39.2 Å². The van der Waals surface area contributed by atoms with E-state index in [0.717, 1.165) is 11.6 Å². The first-order chi connectivity index (χ1) is 13.1. The van der Waals surface area contributed by atoms with Crippen molar-refractivity contribution in [2.45, 2.75) is 39.1 Å². The van der Waals surface area contributed by atoms with Crippen LogP contribution >= 0.6 is 0 Å². The zero-order valence-electron chi connectivity index (χ0n) is 16.0. The molecule has 0 unspecified atom stereocenters. The number of hydrogen-bond acceptors (Lipinski definition) is 5. The van der Waals surface area contributed by atoms with Crippen molar-refractivity contribution in [2.75, 3.05) is 0 Å². The van der Waals surface area contributed by atoms with Crippen LogP contribution in [0.3, 0.4) is 0 Å². The van der Waals surface area contributed by atoms with Crippen LogP contribution in [0, 0.1) is 0 Å². The summed E-state index contributed by atoms with van der Waals surface area (Å²) in [5.41, 5.74) is -2.56. The topological polar surface area (TPSA) is 107 Å². The highest BCUT2D eigenvalue weighted by Gasteiger charge is 2.34. The van der Waals surface area contributed by atoms with Crippen molar-refractivity contribution < 1.29 is 31.1 Å². The summed E-state index contributed by atoms with van der Waals surface area (Å²) >= 11 is 0. The second-order valence-corrected chi connectivity index (χ2v) is 8.73. The quantitative estimate of drug-likeness (QED) is 0.767. The molecule has 0 aliphatic rings. The number of ether oxygens (including phenoxy) is 1. The Kier molecular flexibility index (Phi) is 6.00. The van der Waals surface area contributed by atoms with Crippen molar-refractivity contribution in [1.29, 1.82) is 0 Å². The molecule has 0 radical (unpaired) electrons. The van der Waals surface area contributed by atoms with Crippen molar-refractivity contribution in [3.8, 4) is 0 Å². The summed E-state index contributed by atoms with van der Waals surface area (Å²) in [6.45, 7) is 4.34. The van der Waals surface area contributed by atoms with Gasteiger partial charge >= 0.3 is 22.5 Å². The Hall–Kier alpha value is -2.60. The predicted molar refractivity (Wildman–Crippen MR) is 99.3 cm³/mol. The number of benzene rings is 1. The Morgan fingerprint density at radius 2 is 1.79 bits per heavy atom. The average Bonchev–Trinajstić information content (AvgIpc) is 2.52. The Bertz CT molecular complexity index is 1100. The fourth-order valence-electron chi connectivity index (χ4n) is 2.50. The van der Waals surface area contributed by atoms with Crippen molar-refractivity contribution in [2.24, 2.45) is 7.05 Å². The summed E-state index contributed by atoms with van der Waals surface area (Å²) in [5.74, 6) is 0. The molecule has 0 fully saturated rings. The third-order valence-electron chi connectivity index (χ3n) is 3.69. The van der Waals surface area contributed by atoms with Crippen LogP contribution < -0.4 is 14.9 Å². The summed E-state index contributed by atoms with van der Waals surface area (Å²) in [4.78, 5) is 23.6. The molecule has 1 amide bonds. The van der Waals surface area contributed by atoms with Crippen LogP contribution in [0.4, 0.5) is 18.0 Å². The molecule has 0 spiro atoms. The van der Waals surface area contributed by atoms with Crippen LogP contribution in [0.25, 0.3) is 10.9 Å². The molecule has 2 N–H and O–H groups in total. The van der Waals surface area contributed by atoms with E-state index >= 15 is 0 Å². The monoisotopic (exact) mass is 435 g/mol. The summed E-state index contributed by atoms with van der Waals surface area (Å²) in [5, 5.41) is 0.0546. The van der Waals surface area contributed by atoms with Crippen molar-refractivity contribution in [1.82, 2.24) is 14.0 Å². The Morgan fingerprint density at radius 3 is 2.34 bits per heavy atom. The summed E-state index contributed by atoms with van der Waals surface area (Å²) in [7, 11) is -3.12. The predicted octanol–water partition coefficient (Wildman–Crippen LogP) is 2.42. The number of carbonyl (C=O) groups is 1. The van der Waals surface area contributed by atoms with Gasteiger partial charge in [0.25, 0.3) is 0 Å². The minimum Gasteiger partial charge on any atom is -0.443 e. The van der Waals surface area contributed by atoms with Crippen LogP contribution in [0.15, 0.2) is 29.1 Å². The van der Waals surface area contributed by atoms with E-state index in [9.17, 15) is 31.2 Å². The van der Waals surface area contributed by atoms with Crippen LogP contribution in [0.5, 0.6) is 0 Å². The highest BCUT2D eigenvalue weighted by Crippen LogP contribution is 2.29. The maximum absolute atomic E-state index is 13.1. The van der Waals surface area contributed by atoms with E-state index in [4.69, 9.17) is 4.74 Å². The number of carbonyl (C=O) groups excluding carboxylic acids is 1. The van der Waals surface area contributed by atoms with Gasteiger partial charge in [0.1, 0.15) is 11.3 Å². The van der Waals surface area contributed by atoms with Crippen LogP contribution in [0.2, 0.25) is 0 Å². The molecular formula is C17H20F3N3O5S. The number of aromatic nitrogens is 1. The van der Waals surface area contributed by atoms with Crippen molar-refractivity contribution >= 4 is 27.2 Å². The van der Waals surface area contributed by atoms with Gasteiger partial charge in [0.2, 0.25) is 0 Å². The van der Waals surface area contributed by atoms with E-state index in [-0.39, 0.29) is 23.0 Å². The maximum Gasteiger partial charge on any atom is 0.431 e. The highest BCUT2D eigenvalue weighted by molar-refractivity contribution is 7.88. The van der Waals surface area contributed by atoms with Gasteiger partial charge in [-0.15, -0.1) is 0 Å². The summed E-state index contributed by atoms with van der Waals surface area (Å²) < 4.78 is 72.6. The molecule has 0 saturated carbocycles. The van der Waals surface area contributed by atoms with Crippen LogP contribution in [0.1, 0.15) is 32.0 Å². The zero-order valence-corrected chi connectivity index (χ0v) is 16.9. The Balaban J connectivity index is 2.26. The van der Waals surface area contributed by atoms with Gasteiger partial charge in [-0.25, -0.2) is 9.52 Å². The first-order valence-electron chi connectivity index (χ1n) is 8.29. The molecule has 1 aromatic heterocycles. The molecule has 0 saturated heterocycles. The lowest BCUT2D eigenvalue weighted by Crippen LogP contribution is -2.42. The van der Waals surface area contributed by atoms with E-state index in [1.54, 1.807) is 25.5 Å². The van der Waals surface area contributed by atoms with Gasteiger partial charge in [0.15, 0.2) is 5.43 Å². The molecule has 2 rings (SSSR count). The lowest BCUT2D eigenvalue weighted by molar-refractivity contribution is -0.143. The summed E-state index contributed by atoms with van der Waals surface area (Å²) in [6.07, 6.45) is -5.91. The number of fused-ring (bicyclic) bond motifs is 1. The average molecular weight is 435 g/mol. The fourth-order valence-corrected chi connectivity index (χ4v) is 3.19. The molecule has 12 heteroatoms. The van der Waals surface area contributed by atoms with Gasteiger partial charge < -0.3 is 9.30 Å². The number of alkyl halides is 3. The van der Waals surface area contributed by atoms with Crippen LogP contribution in [-0.4, -0.2) is 24.7 Å². The number of hydrogen-bond donors (Lipinski definition) is 2.